The van der Waals surface area contributed by atoms with Gasteiger partial charge in [0.25, 0.3) is 0 Å². The normalized spacial score (nSPS) is 12.6. The SMILES string of the molecule is Cc1c(Cl)cccc1C(O)c1cncc2ccccc12. The van der Waals surface area contributed by atoms with Crippen molar-refractivity contribution in [3.05, 3.63) is 76.6 Å². The van der Waals surface area contributed by atoms with Crippen molar-refractivity contribution in [1.29, 1.82) is 0 Å². The largest absolute Gasteiger partial charge is 0.384 e. The fraction of sp³-hybridized carbons (Fsp3) is 0.118. The molecule has 3 aromatic rings. The van der Waals surface area contributed by atoms with Crippen LogP contribution in [0.1, 0.15) is 22.8 Å². The van der Waals surface area contributed by atoms with Gasteiger partial charge in [-0.1, -0.05) is 48.0 Å². The van der Waals surface area contributed by atoms with E-state index >= 15 is 0 Å². The minimum Gasteiger partial charge on any atom is -0.384 e. The second-order valence-electron chi connectivity index (χ2n) is 4.81. The van der Waals surface area contributed by atoms with E-state index in [0.717, 1.165) is 27.5 Å². The van der Waals surface area contributed by atoms with E-state index in [-0.39, 0.29) is 0 Å². The molecule has 0 saturated carbocycles. The molecule has 0 aliphatic carbocycles. The number of aliphatic hydroxyl groups is 1. The van der Waals surface area contributed by atoms with Crippen molar-refractivity contribution in [3.63, 3.8) is 0 Å². The highest BCUT2D eigenvalue weighted by molar-refractivity contribution is 6.31. The fourth-order valence-corrected chi connectivity index (χ4v) is 2.63. The molecular weight excluding hydrogens is 270 g/mol. The van der Waals surface area contributed by atoms with Crippen LogP contribution in [0.3, 0.4) is 0 Å². The lowest BCUT2D eigenvalue weighted by Gasteiger charge is -2.16. The van der Waals surface area contributed by atoms with E-state index < -0.39 is 6.10 Å². The molecule has 1 heterocycles. The predicted octanol–water partition coefficient (Wildman–Crippen LogP) is 4.28. The van der Waals surface area contributed by atoms with Crippen LogP contribution in [0.2, 0.25) is 5.02 Å². The molecule has 1 N–H and O–H groups in total. The zero-order valence-electron chi connectivity index (χ0n) is 11.0. The van der Waals surface area contributed by atoms with Crippen molar-refractivity contribution in [2.75, 3.05) is 0 Å². The average Bonchev–Trinajstić information content (AvgIpc) is 2.49. The Hall–Kier alpha value is -1.90. The molecule has 2 nitrogen and oxygen atoms in total. The number of aliphatic hydroxyl groups excluding tert-OH is 1. The Morgan fingerprint density at radius 2 is 1.80 bits per heavy atom. The molecule has 0 amide bonds. The molecule has 1 aromatic heterocycles. The van der Waals surface area contributed by atoms with Gasteiger partial charge in [-0.15, -0.1) is 0 Å². The Morgan fingerprint density at radius 3 is 2.65 bits per heavy atom. The number of hydrogen-bond donors (Lipinski definition) is 1. The molecule has 100 valence electrons. The summed E-state index contributed by atoms with van der Waals surface area (Å²) in [5.41, 5.74) is 2.51. The van der Waals surface area contributed by atoms with Crippen LogP contribution in [-0.2, 0) is 0 Å². The molecule has 1 unspecified atom stereocenters. The van der Waals surface area contributed by atoms with Crippen molar-refractivity contribution in [1.82, 2.24) is 4.98 Å². The molecule has 1 atom stereocenters. The van der Waals surface area contributed by atoms with Gasteiger partial charge in [-0.2, -0.15) is 0 Å². The molecule has 0 aliphatic rings. The number of halogens is 1. The number of nitrogens with zero attached hydrogens (tertiary/aromatic N) is 1. The molecule has 0 fully saturated rings. The maximum absolute atomic E-state index is 10.7. The Balaban J connectivity index is 2.18. The zero-order chi connectivity index (χ0) is 14.1. The van der Waals surface area contributed by atoms with Gasteiger partial charge in [0.05, 0.1) is 0 Å². The van der Waals surface area contributed by atoms with Crippen LogP contribution < -0.4 is 0 Å². The second-order valence-corrected chi connectivity index (χ2v) is 5.21. The van der Waals surface area contributed by atoms with Crippen LogP contribution in [0.25, 0.3) is 10.8 Å². The topological polar surface area (TPSA) is 33.1 Å². The lowest BCUT2D eigenvalue weighted by molar-refractivity contribution is 0.220. The van der Waals surface area contributed by atoms with E-state index in [1.165, 1.54) is 0 Å². The maximum atomic E-state index is 10.7. The van der Waals surface area contributed by atoms with Crippen LogP contribution >= 0.6 is 11.6 Å². The number of hydrogen-bond acceptors (Lipinski definition) is 2. The van der Waals surface area contributed by atoms with Gasteiger partial charge in [-0.25, -0.2) is 0 Å². The van der Waals surface area contributed by atoms with Crippen LogP contribution in [-0.4, -0.2) is 10.1 Å². The zero-order valence-corrected chi connectivity index (χ0v) is 11.8. The number of aromatic nitrogens is 1. The summed E-state index contributed by atoms with van der Waals surface area (Å²) in [6, 6.07) is 13.5. The van der Waals surface area contributed by atoms with Crippen molar-refractivity contribution in [2.45, 2.75) is 13.0 Å². The Bertz CT molecular complexity index is 765. The van der Waals surface area contributed by atoms with Crippen molar-refractivity contribution < 1.29 is 5.11 Å². The van der Waals surface area contributed by atoms with Gasteiger partial charge in [-0.3, -0.25) is 4.98 Å². The first-order valence-electron chi connectivity index (χ1n) is 6.44. The van der Waals surface area contributed by atoms with Crippen molar-refractivity contribution in [3.8, 4) is 0 Å². The summed E-state index contributed by atoms with van der Waals surface area (Å²) >= 11 is 6.14. The summed E-state index contributed by atoms with van der Waals surface area (Å²) < 4.78 is 0. The third-order valence-corrected chi connectivity index (χ3v) is 4.01. The molecule has 20 heavy (non-hydrogen) atoms. The van der Waals surface area contributed by atoms with E-state index in [1.54, 1.807) is 12.4 Å². The monoisotopic (exact) mass is 283 g/mol. The Labute approximate surface area is 122 Å². The first kappa shape index (κ1) is 13.1. The number of rotatable bonds is 2. The summed E-state index contributed by atoms with van der Waals surface area (Å²) in [5, 5.41) is 13.4. The highest BCUT2D eigenvalue weighted by Gasteiger charge is 2.16. The molecular formula is C17H14ClNO. The van der Waals surface area contributed by atoms with Gasteiger partial charge in [-0.05, 0) is 29.5 Å². The summed E-state index contributed by atoms with van der Waals surface area (Å²) in [4.78, 5) is 4.22. The highest BCUT2D eigenvalue weighted by atomic mass is 35.5. The smallest absolute Gasteiger partial charge is 0.106 e. The summed E-state index contributed by atoms with van der Waals surface area (Å²) in [6.07, 6.45) is 2.79. The summed E-state index contributed by atoms with van der Waals surface area (Å²) in [6.45, 7) is 1.92. The van der Waals surface area contributed by atoms with Crippen LogP contribution in [0.15, 0.2) is 54.9 Å². The quantitative estimate of drug-likeness (QED) is 0.761. The number of fused-ring (bicyclic) bond motifs is 1. The minimum absolute atomic E-state index is 0.662. The van der Waals surface area contributed by atoms with Gasteiger partial charge in [0.15, 0.2) is 0 Å². The summed E-state index contributed by atoms with van der Waals surface area (Å²) in [7, 11) is 0. The average molecular weight is 284 g/mol. The van der Waals surface area contributed by atoms with E-state index in [9.17, 15) is 5.11 Å². The third-order valence-electron chi connectivity index (χ3n) is 3.60. The fourth-order valence-electron chi connectivity index (χ4n) is 2.45. The maximum Gasteiger partial charge on any atom is 0.106 e. The van der Waals surface area contributed by atoms with E-state index in [0.29, 0.717) is 5.02 Å². The molecule has 0 bridgehead atoms. The number of pyridine rings is 1. The molecule has 0 saturated heterocycles. The first-order valence-corrected chi connectivity index (χ1v) is 6.82. The van der Waals surface area contributed by atoms with Gasteiger partial charge in [0.2, 0.25) is 0 Å². The van der Waals surface area contributed by atoms with Crippen molar-refractivity contribution in [2.24, 2.45) is 0 Å². The molecule has 0 spiro atoms. The lowest BCUT2D eigenvalue weighted by atomic mass is 9.95. The molecule has 2 aromatic carbocycles. The van der Waals surface area contributed by atoms with Crippen LogP contribution in [0.5, 0.6) is 0 Å². The molecule has 3 heteroatoms. The number of benzene rings is 2. The predicted molar refractivity (Wildman–Crippen MR) is 82.0 cm³/mol. The second kappa shape index (κ2) is 5.23. The lowest BCUT2D eigenvalue weighted by Crippen LogP contribution is -2.03. The van der Waals surface area contributed by atoms with Gasteiger partial charge in [0.1, 0.15) is 6.10 Å². The molecule has 3 rings (SSSR count). The van der Waals surface area contributed by atoms with E-state index in [1.807, 2.05) is 49.4 Å². The van der Waals surface area contributed by atoms with Crippen molar-refractivity contribution >= 4 is 22.4 Å². The molecule has 0 aliphatic heterocycles. The Kier molecular flexibility index (Phi) is 3.43. The molecule has 0 radical (unpaired) electrons. The van der Waals surface area contributed by atoms with E-state index in [2.05, 4.69) is 4.98 Å². The third kappa shape index (κ3) is 2.17. The van der Waals surface area contributed by atoms with Crippen LogP contribution in [0.4, 0.5) is 0 Å². The van der Waals surface area contributed by atoms with E-state index in [4.69, 9.17) is 11.6 Å². The minimum atomic E-state index is -0.729. The van der Waals surface area contributed by atoms with Crippen LogP contribution in [0, 0.1) is 6.92 Å². The van der Waals surface area contributed by atoms with Gasteiger partial charge in [0, 0.05) is 28.4 Å². The highest BCUT2D eigenvalue weighted by Crippen LogP contribution is 2.31. The summed E-state index contributed by atoms with van der Waals surface area (Å²) in [5.74, 6) is 0. The Morgan fingerprint density at radius 1 is 1.00 bits per heavy atom. The van der Waals surface area contributed by atoms with Gasteiger partial charge >= 0.3 is 0 Å². The van der Waals surface area contributed by atoms with Gasteiger partial charge < -0.3 is 5.11 Å². The standard InChI is InChI=1S/C17H14ClNO/c1-11-13(7-4-8-16(11)18)17(20)15-10-19-9-12-5-2-3-6-14(12)15/h2-10,17,20H,1H3. The first-order chi connectivity index (χ1) is 9.68.